The smallest absolute Gasteiger partial charge is 0.380 e. The highest BCUT2D eigenvalue weighted by atomic mass is 32.2. The lowest BCUT2D eigenvalue weighted by Crippen LogP contribution is -2.19. The van der Waals surface area contributed by atoms with Gasteiger partial charge in [-0.15, -0.1) is 0 Å². The maximum Gasteiger partial charge on any atom is 0.380 e. The predicted octanol–water partition coefficient (Wildman–Crippen LogP) is 2.81. The van der Waals surface area contributed by atoms with Crippen molar-refractivity contribution in [2.24, 2.45) is 5.14 Å². The molecule has 1 aromatic carbocycles. The summed E-state index contributed by atoms with van der Waals surface area (Å²) in [6.07, 6.45) is 4.98. The van der Waals surface area contributed by atoms with Crippen LogP contribution in [0.2, 0.25) is 0 Å². The summed E-state index contributed by atoms with van der Waals surface area (Å²) in [5, 5.41) is 5.59. The van der Waals surface area contributed by atoms with Crippen molar-refractivity contribution in [1.29, 1.82) is 0 Å². The fourth-order valence-corrected chi connectivity index (χ4v) is 2.95. The van der Waals surface area contributed by atoms with Crippen molar-refractivity contribution in [3.63, 3.8) is 0 Å². The van der Waals surface area contributed by atoms with E-state index >= 15 is 0 Å². The van der Waals surface area contributed by atoms with E-state index in [1.165, 1.54) is 12.1 Å². The van der Waals surface area contributed by atoms with Crippen LogP contribution in [-0.2, 0) is 16.7 Å². The maximum atomic E-state index is 12.2. The molecule has 126 valence electrons. The molecule has 1 heterocycles. The van der Waals surface area contributed by atoms with Gasteiger partial charge in [0.15, 0.2) is 0 Å². The van der Waals surface area contributed by atoms with Gasteiger partial charge in [-0.3, -0.25) is 0 Å². The van der Waals surface area contributed by atoms with E-state index in [4.69, 9.17) is 9.56 Å². The molecule has 0 radical (unpaired) electrons. The van der Waals surface area contributed by atoms with Crippen LogP contribution >= 0.6 is 0 Å². The molecule has 0 spiro atoms. The number of hydrogen-bond acceptors (Lipinski definition) is 5. The van der Waals surface area contributed by atoms with Gasteiger partial charge in [0.25, 0.3) is 0 Å². The van der Waals surface area contributed by atoms with Gasteiger partial charge in [-0.2, -0.15) is 13.6 Å². The Kier molecular flexibility index (Phi) is 5.43. The molecule has 7 heteroatoms. The molecule has 2 N–H and O–H groups in total. The van der Waals surface area contributed by atoms with Crippen molar-refractivity contribution in [1.82, 2.24) is 0 Å². The summed E-state index contributed by atoms with van der Waals surface area (Å²) < 4.78 is 31.8. The minimum Gasteiger partial charge on any atom is -0.422 e. The Bertz CT molecular complexity index is 855. The second kappa shape index (κ2) is 7.14. The van der Waals surface area contributed by atoms with Crippen LogP contribution in [0.4, 0.5) is 0 Å². The number of fused-ring (bicyclic) bond motifs is 1. The van der Waals surface area contributed by atoms with E-state index in [1.54, 1.807) is 6.07 Å². The zero-order chi connectivity index (χ0) is 17.0. The lowest BCUT2D eigenvalue weighted by molar-refractivity contribution is 0.486. The fourth-order valence-electron chi connectivity index (χ4n) is 2.58. The van der Waals surface area contributed by atoms with Gasteiger partial charge in [0.1, 0.15) is 11.3 Å². The monoisotopic (exact) mass is 339 g/mol. The predicted molar refractivity (Wildman–Crippen MR) is 88.8 cm³/mol. The summed E-state index contributed by atoms with van der Waals surface area (Å²) in [7, 11) is -4.11. The lowest BCUT2D eigenvalue weighted by atomic mass is 10.0. The minimum absolute atomic E-state index is 0.0123. The number of benzene rings is 1. The summed E-state index contributed by atoms with van der Waals surface area (Å²) in [6.45, 7) is 4.01. The van der Waals surface area contributed by atoms with Crippen LogP contribution in [0.1, 0.15) is 43.7 Å². The van der Waals surface area contributed by atoms with Gasteiger partial charge in [0, 0.05) is 17.0 Å². The van der Waals surface area contributed by atoms with E-state index in [1.807, 2.05) is 6.92 Å². The zero-order valence-electron chi connectivity index (χ0n) is 13.3. The van der Waals surface area contributed by atoms with Gasteiger partial charge < -0.3 is 8.60 Å². The molecule has 23 heavy (non-hydrogen) atoms. The Morgan fingerprint density at radius 1 is 1.22 bits per heavy atom. The van der Waals surface area contributed by atoms with Crippen molar-refractivity contribution < 1.29 is 17.0 Å². The van der Waals surface area contributed by atoms with Crippen LogP contribution in [-0.4, -0.2) is 8.42 Å². The Balaban J connectivity index is 2.35. The molecule has 6 nitrogen and oxygen atoms in total. The number of aryl methyl sites for hydroxylation is 1. The van der Waals surface area contributed by atoms with Crippen LogP contribution in [0.15, 0.2) is 27.4 Å². The van der Waals surface area contributed by atoms with Gasteiger partial charge in [-0.1, -0.05) is 26.2 Å². The molecule has 0 saturated heterocycles. The zero-order valence-corrected chi connectivity index (χ0v) is 14.1. The second-order valence-electron chi connectivity index (χ2n) is 5.54. The first-order valence-corrected chi connectivity index (χ1v) is 9.07. The first kappa shape index (κ1) is 17.5. The number of unbranched alkanes of at least 4 members (excludes halogenated alkanes) is 3. The van der Waals surface area contributed by atoms with Crippen LogP contribution in [0.5, 0.6) is 5.75 Å². The van der Waals surface area contributed by atoms with Gasteiger partial charge >= 0.3 is 15.9 Å². The quantitative estimate of drug-likeness (QED) is 0.617. The largest absolute Gasteiger partial charge is 0.422 e. The normalized spacial score (nSPS) is 11.8. The molecule has 2 rings (SSSR count). The molecule has 0 aliphatic carbocycles. The van der Waals surface area contributed by atoms with Crippen molar-refractivity contribution >= 4 is 21.3 Å². The average molecular weight is 339 g/mol. The fraction of sp³-hybridized carbons (Fsp3) is 0.438. The highest BCUT2D eigenvalue weighted by molar-refractivity contribution is 7.84. The van der Waals surface area contributed by atoms with Crippen LogP contribution in [0, 0.1) is 6.92 Å². The van der Waals surface area contributed by atoms with Crippen molar-refractivity contribution in [3.05, 3.63) is 39.7 Å². The molecule has 1 aromatic heterocycles. The van der Waals surface area contributed by atoms with E-state index < -0.39 is 10.3 Å². The number of hydrogen-bond donors (Lipinski definition) is 1. The van der Waals surface area contributed by atoms with E-state index in [0.717, 1.165) is 36.6 Å². The summed E-state index contributed by atoms with van der Waals surface area (Å²) in [6, 6.07) is 4.51. The van der Waals surface area contributed by atoms with E-state index in [2.05, 4.69) is 11.1 Å². The van der Waals surface area contributed by atoms with Crippen LogP contribution < -0.4 is 14.9 Å². The first-order valence-electron chi connectivity index (χ1n) is 7.60. The molecule has 0 atom stereocenters. The van der Waals surface area contributed by atoms with Gasteiger partial charge in [0.05, 0.1) is 0 Å². The molecular formula is C16H21NO5S. The summed E-state index contributed by atoms with van der Waals surface area (Å²) in [5.41, 5.74) is 1.42. The highest BCUT2D eigenvalue weighted by Crippen LogP contribution is 2.25. The Labute approximate surface area is 135 Å². The lowest BCUT2D eigenvalue weighted by Gasteiger charge is -2.09. The van der Waals surface area contributed by atoms with Crippen LogP contribution in [0.3, 0.4) is 0 Å². The Morgan fingerprint density at radius 2 is 1.96 bits per heavy atom. The highest BCUT2D eigenvalue weighted by Gasteiger charge is 2.13. The first-order chi connectivity index (χ1) is 10.8. The topological polar surface area (TPSA) is 99.6 Å². The Hall–Kier alpha value is -1.86. The molecule has 2 aromatic rings. The minimum atomic E-state index is -4.11. The van der Waals surface area contributed by atoms with Crippen molar-refractivity contribution in [2.45, 2.75) is 46.0 Å². The summed E-state index contributed by atoms with van der Waals surface area (Å²) in [4.78, 5) is 12.2. The van der Waals surface area contributed by atoms with Crippen molar-refractivity contribution in [3.8, 4) is 5.75 Å². The van der Waals surface area contributed by atoms with E-state index in [-0.39, 0.29) is 17.0 Å². The van der Waals surface area contributed by atoms with E-state index in [9.17, 15) is 13.2 Å². The Morgan fingerprint density at radius 3 is 2.61 bits per heavy atom. The molecule has 0 bridgehead atoms. The van der Waals surface area contributed by atoms with E-state index in [0.29, 0.717) is 12.0 Å². The van der Waals surface area contributed by atoms with Gasteiger partial charge in [-0.25, -0.2) is 4.79 Å². The third-order valence-electron chi connectivity index (χ3n) is 3.75. The summed E-state index contributed by atoms with van der Waals surface area (Å²) in [5.74, 6) is 0.0123. The SMILES string of the molecule is CCCCCCc1c(C)c2ccc(OS(N)(=O)=O)cc2oc1=O. The van der Waals surface area contributed by atoms with Crippen molar-refractivity contribution in [2.75, 3.05) is 0 Å². The standard InChI is InChI=1S/C16H21NO5S/c1-3-4-5-6-7-14-11(2)13-9-8-12(22-23(17,19)20)10-15(13)21-16(14)18/h8-10H,3-7H2,1-2H3,(H2,17,19,20). The van der Waals surface area contributed by atoms with Crippen LogP contribution in [0.25, 0.3) is 11.0 Å². The number of nitrogens with two attached hydrogens (primary N) is 1. The summed E-state index contributed by atoms with van der Waals surface area (Å²) >= 11 is 0. The average Bonchev–Trinajstić information content (AvgIpc) is 2.44. The third-order valence-corrected chi connectivity index (χ3v) is 4.18. The molecule has 0 aliphatic heterocycles. The molecule has 0 saturated carbocycles. The van der Waals surface area contributed by atoms with Gasteiger partial charge in [0.2, 0.25) is 0 Å². The molecular weight excluding hydrogens is 318 g/mol. The van der Waals surface area contributed by atoms with Gasteiger partial charge in [-0.05, 0) is 37.5 Å². The molecule has 0 amide bonds. The maximum absolute atomic E-state index is 12.2. The molecule has 0 aliphatic rings. The number of rotatable bonds is 7. The third kappa shape index (κ3) is 4.56. The molecule has 0 unspecified atom stereocenters. The second-order valence-corrected chi connectivity index (χ2v) is 6.69. The molecule has 0 fully saturated rings.